The van der Waals surface area contributed by atoms with E-state index >= 15 is 0 Å². The van der Waals surface area contributed by atoms with Crippen molar-refractivity contribution in [1.29, 1.82) is 0 Å². The molecule has 0 N–H and O–H groups in total. The molecular formula is C25H21ClN2O2S. The summed E-state index contributed by atoms with van der Waals surface area (Å²) in [5.41, 5.74) is 3.19. The summed E-state index contributed by atoms with van der Waals surface area (Å²) in [6, 6.07) is 19.9. The van der Waals surface area contributed by atoms with Crippen molar-refractivity contribution in [3.63, 3.8) is 0 Å². The summed E-state index contributed by atoms with van der Waals surface area (Å²) in [4.78, 5) is 21.0. The lowest BCUT2D eigenvalue weighted by atomic mass is 9.93. The summed E-state index contributed by atoms with van der Waals surface area (Å²) in [5.74, 6) is 1.28. The van der Waals surface area contributed by atoms with Gasteiger partial charge in [0.1, 0.15) is 0 Å². The smallest absolute Gasteiger partial charge is 0.223 e. The van der Waals surface area contributed by atoms with Crippen LogP contribution in [0.3, 0.4) is 0 Å². The third-order valence-corrected chi connectivity index (χ3v) is 6.97. The van der Waals surface area contributed by atoms with Crippen molar-refractivity contribution in [2.75, 3.05) is 6.54 Å². The zero-order chi connectivity index (χ0) is 21.2. The molecular weight excluding hydrogens is 428 g/mol. The second-order valence-electron chi connectivity index (χ2n) is 7.55. The maximum Gasteiger partial charge on any atom is 0.223 e. The molecule has 1 atom stereocenters. The van der Waals surface area contributed by atoms with Crippen LogP contribution >= 0.6 is 22.9 Å². The molecule has 0 bridgehead atoms. The van der Waals surface area contributed by atoms with Crippen molar-refractivity contribution in [3.05, 3.63) is 99.2 Å². The first-order valence-corrected chi connectivity index (χ1v) is 11.6. The Labute approximate surface area is 190 Å². The van der Waals surface area contributed by atoms with Crippen LogP contribution in [-0.4, -0.2) is 22.3 Å². The van der Waals surface area contributed by atoms with Gasteiger partial charge in [0.25, 0.3) is 0 Å². The highest BCUT2D eigenvalue weighted by Gasteiger charge is 2.32. The van der Waals surface area contributed by atoms with Gasteiger partial charge < -0.3 is 9.32 Å². The minimum absolute atomic E-state index is 0.0352. The Morgan fingerprint density at radius 1 is 1.13 bits per heavy atom. The van der Waals surface area contributed by atoms with Gasteiger partial charge in [0.15, 0.2) is 11.7 Å². The summed E-state index contributed by atoms with van der Waals surface area (Å²) in [6.07, 6.45) is 3.38. The van der Waals surface area contributed by atoms with Crippen LogP contribution in [0.1, 0.15) is 34.4 Å². The number of nitrogens with zero attached hydrogens (tertiary/aromatic N) is 2. The van der Waals surface area contributed by atoms with Gasteiger partial charge in [0, 0.05) is 29.8 Å². The lowest BCUT2D eigenvalue weighted by Crippen LogP contribution is -2.40. The topological polar surface area (TPSA) is 46.3 Å². The molecule has 6 heteroatoms. The average Bonchev–Trinajstić information content (AvgIpc) is 3.47. The number of thiophene rings is 1. The van der Waals surface area contributed by atoms with Gasteiger partial charge in [0.2, 0.25) is 5.91 Å². The molecule has 4 nitrogen and oxygen atoms in total. The zero-order valence-corrected chi connectivity index (χ0v) is 18.4. The van der Waals surface area contributed by atoms with E-state index in [0.29, 0.717) is 29.5 Å². The van der Waals surface area contributed by atoms with E-state index in [-0.39, 0.29) is 11.9 Å². The molecule has 1 unspecified atom stereocenters. The highest BCUT2D eigenvalue weighted by molar-refractivity contribution is 7.10. The molecule has 4 aromatic rings. The van der Waals surface area contributed by atoms with Crippen LogP contribution < -0.4 is 0 Å². The van der Waals surface area contributed by atoms with Crippen LogP contribution in [0.2, 0.25) is 5.02 Å². The van der Waals surface area contributed by atoms with E-state index < -0.39 is 0 Å². The Kier molecular flexibility index (Phi) is 5.62. The van der Waals surface area contributed by atoms with E-state index in [1.807, 2.05) is 47.4 Å². The van der Waals surface area contributed by atoms with Gasteiger partial charge in [0.05, 0.1) is 17.3 Å². The van der Waals surface area contributed by atoms with Crippen LogP contribution in [0.25, 0.3) is 11.3 Å². The Hall–Kier alpha value is -2.89. The van der Waals surface area contributed by atoms with E-state index in [9.17, 15) is 4.79 Å². The van der Waals surface area contributed by atoms with Gasteiger partial charge in [-0.1, -0.05) is 54.1 Å². The summed E-state index contributed by atoms with van der Waals surface area (Å²) in [7, 11) is 0. The molecule has 2 aromatic heterocycles. The van der Waals surface area contributed by atoms with Crippen LogP contribution in [0, 0.1) is 0 Å². The summed E-state index contributed by atoms with van der Waals surface area (Å²) >= 11 is 8.03. The summed E-state index contributed by atoms with van der Waals surface area (Å²) < 4.78 is 5.88. The standard InChI is InChI=1S/C25H21ClN2O2S/c26-20-9-5-4-8-18(20)21-16-27-23(30-21)10-11-24(29)28-14-12-22-19(13-15-31-22)25(28)17-6-2-1-3-7-17/h1-9,13,15-16,25H,10-12,14H2. The molecule has 3 heterocycles. The second kappa shape index (κ2) is 8.69. The van der Waals surface area contributed by atoms with Crippen molar-refractivity contribution in [2.45, 2.75) is 25.3 Å². The number of benzene rings is 2. The van der Waals surface area contributed by atoms with Gasteiger partial charge in [-0.2, -0.15) is 0 Å². The van der Waals surface area contributed by atoms with Crippen molar-refractivity contribution < 1.29 is 9.21 Å². The van der Waals surface area contributed by atoms with Gasteiger partial charge in [-0.05, 0) is 41.1 Å². The molecule has 156 valence electrons. The SMILES string of the molecule is O=C(CCc1ncc(-c2ccccc2Cl)o1)N1CCc2sccc2C1c1ccccc1. The van der Waals surface area contributed by atoms with Crippen molar-refractivity contribution in [3.8, 4) is 11.3 Å². The van der Waals surface area contributed by atoms with Crippen molar-refractivity contribution in [1.82, 2.24) is 9.88 Å². The number of aryl methyl sites for hydroxylation is 1. The van der Waals surface area contributed by atoms with Crippen molar-refractivity contribution >= 4 is 28.8 Å². The van der Waals surface area contributed by atoms with Crippen LogP contribution in [-0.2, 0) is 17.6 Å². The first-order valence-electron chi connectivity index (χ1n) is 10.3. The monoisotopic (exact) mass is 448 g/mol. The zero-order valence-electron chi connectivity index (χ0n) is 16.8. The fraction of sp³-hybridized carbons (Fsp3) is 0.200. The third kappa shape index (κ3) is 4.03. The lowest BCUT2D eigenvalue weighted by molar-refractivity contribution is -0.133. The number of aromatic nitrogens is 1. The Morgan fingerprint density at radius 2 is 1.94 bits per heavy atom. The predicted molar refractivity (Wildman–Crippen MR) is 123 cm³/mol. The fourth-order valence-corrected chi connectivity index (χ4v) is 5.28. The van der Waals surface area contributed by atoms with Crippen LogP contribution in [0.5, 0.6) is 0 Å². The van der Waals surface area contributed by atoms with Gasteiger partial charge in [-0.15, -0.1) is 11.3 Å². The number of carbonyl (C=O) groups excluding carboxylic acids is 1. The number of halogens is 1. The normalized spacial score (nSPS) is 15.6. The van der Waals surface area contributed by atoms with E-state index in [0.717, 1.165) is 24.1 Å². The Morgan fingerprint density at radius 3 is 2.77 bits per heavy atom. The van der Waals surface area contributed by atoms with Gasteiger partial charge >= 0.3 is 0 Å². The van der Waals surface area contributed by atoms with E-state index in [2.05, 4.69) is 28.6 Å². The molecule has 1 amide bonds. The van der Waals surface area contributed by atoms with E-state index in [1.54, 1.807) is 17.5 Å². The first kappa shape index (κ1) is 20.0. The number of carbonyl (C=O) groups is 1. The van der Waals surface area contributed by atoms with Crippen molar-refractivity contribution in [2.24, 2.45) is 0 Å². The minimum atomic E-state index is -0.0352. The number of rotatable bonds is 5. The molecule has 31 heavy (non-hydrogen) atoms. The van der Waals surface area contributed by atoms with E-state index in [4.69, 9.17) is 16.0 Å². The average molecular weight is 449 g/mol. The number of amides is 1. The number of fused-ring (bicyclic) bond motifs is 1. The molecule has 0 saturated heterocycles. The molecule has 0 saturated carbocycles. The second-order valence-corrected chi connectivity index (χ2v) is 8.96. The summed E-state index contributed by atoms with van der Waals surface area (Å²) in [6.45, 7) is 0.725. The molecule has 5 rings (SSSR count). The quantitative estimate of drug-likeness (QED) is 0.367. The minimum Gasteiger partial charge on any atom is -0.441 e. The highest BCUT2D eigenvalue weighted by atomic mass is 35.5. The van der Waals surface area contributed by atoms with Crippen LogP contribution in [0.15, 0.2) is 76.7 Å². The molecule has 0 aliphatic carbocycles. The molecule has 0 spiro atoms. The van der Waals surface area contributed by atoms with Gasteiger partial charge in [-0.3, -0.25) is 4.79 Å². The maximum absolute atomic E-state index is 13.3. The Balaban J connectivity index is 1.33. The first-order chi connectivity index (χ1) is 15.2. The highest BCUT2D eigenvalue weighted by Crippen LogP contribution is 2.38. The summed E-state index contributed by atoms with van der Waals surface area (Å²) in [5, 5.41) is 2.74. The molecule has 2 aromatic carbocycles. The van der Waals surface area contributed by atoms with E-state index in [1.165, 1.54) is 10.4 Å². The number of hydrogen-bond acceptors (Lipinski definition) is 4. The molecule has 0 fully saturated rings. The maximum atomic E-state index is 13.3. The molecule has 1 aliphatic heterocycles. The predicted octanol–water partition coefficient (Wildman–Crippen LogP) is 6.16. The fourth-order valence-electron chi connectivity index (χ4n) is 4.15. The Bertz CT molecular complexity index is 1200. The third-order valence-electron chi connectivity index (χ3n) is 5.65. The molecule has 0 radical (unpaired) electrons. The largest absolute Gasteiger partial charge is 0.441 e. The van der Waals surface area contributed by atoms with Gasteiger partial charge in [-0.25, -0.2) is 4.98 Å². The molecule has 1 aliphatic rings. The van der Waals surface area contributed by atoms with Crippen LogP contribution in [0.4, 0.5) is 0 Å². The lowest BCUT2D eigenvalue weighted by Gasteiger charge is -2.36. The number of hydrogen-bond donors (Lipinski definition) is 0. The number of oxazole rings is 1.